The molecule has 1 heterocycles. The van der Waals surface area contributed by atoms with Gasteiger partial charge in [-0.25, -0.2) is 0 Å². The number of piperazine rings is 1. The molecule has 0 saturated carbocycles. The van der Waals surface area contributed by atoms with Gasteiger partial charge in [-0.1, -0.05) is 18.2 Å². The summed E-state index contributed by atoms with van der Waals surface area (Å²) in [5, 5.41) is 6.02. The maximum absolute atomic E-state index is 12.0. The van der Waals surface area contributed by atoms with Crippen LogP contribution in [0.25, 0.3) is 0 Å². The lowest BCUT2D eigenvalue weighted by atomic mass is 10.1. The van der Waals surface area contributed by atoms with Crippen molar-refractivity contribution in [3.05, 3.63) is 35.4 Å². The molecule has 1 fully saturated rings. The lowest BCUT2D eigenvalue weighted by Crippen LogP contribution is -2.47. The summed E-state index contributed by atoms with van der Waals surface area (Å²) >= 11 is 0. The van der Waals surface area contributed by atoms with E-state index in [2.05, 4.69) is 10.6 Å². The Morgan fingerprint density at radius 3 is 2.65 bits per heavy atom. The predicted molar refractivity (Wildman–Crippen MR) is 77.6 cm³/mol. The van der Waals surface area contributed by atoms with Gasteiger partial charge in [-0.2, -0.15) is 0 Å². The molecular formula is C15H21N3O2. The maximum atomic E-state index is 12.0. The second-order valence-corrected chi connectivity index (χ2v) is 4.95. The number of nitrogens with one attached hydrogen (secondary N) is 2. The van der Waals surface area contributed by atoms with Gasteiger partial charge in [0.05, 0.1) is 0 Å². The molecule has 1 aliphatic heterocycles. The smallest absolute Gasteiger partial charge is 0.251 e. The Hall–Kier alpha value is -1.88. The average Bonchev–Trinajstić information content (AvgIpc) is 2.48. The van der Waals surface area contributed by atoms with Crippen molar-refractivity contribution in [2.75, 3.05) is 32.7 Å². The molecule has 0 aromatic heterocycles. The summed E-state index contributed by atoms with van der Waals surface area (Å²) in [4.78, 5) is 25.8. The summed E-state index contributed by atoms with van der Waals surface area (Å²) in [6, 6.07) is 7.44. The topological polar surface area (TPSA) is 61.4 Å². The minimum atomic E-state index is -0.115. The number of aryl methyl sites for hydroxylation is 1. The Labute approximate surface area is 119 Å². The van der Waals surface area contributed by atoms with Gasteiger partial charge in [0, 0.05) is 44.7 Å². The largest absolute Gasteiger partial charge is 0.352 e. The van der Waals surface area contributed by atoms with Gasteiger partial charge in [0.25, 0.3) is 5.91 Å². The average molecular weight is 275 g/mol. The number of carbonyl (C=O) groups is 2. The van der Waals surface area contributed by atoms with Crippen molar-refractivity contribution in [2.45, 2.75) is 13.3 Å². The highest BCUT2D eigenvalue weighted by Crippen LogP contribution is 2.06. The van der Waals surface area contributed by atoms with E-state index in [0.29, 0.717) is 18.5 Å². The number of hydrogen-bond donors (Lipinski definition) is 2. The minimum absolute atomic E-state index is 0.108. The van der Waals surface area contributed by atoms with E-state index in [9.17, 15) is 9.59 Å². The summed E-state index contributed by atoms with van der Waals surface area (Å²) in [5.41, 5.74) is 1.61. The molecule has 20 heavy (non-hydrogen) atoms. The highest BCUT2D eigenvalue weighted by molar-refractivity contribution is 5.95. The van der Waals surface area contributed by atoms with Crippen molar-refractivity contribution < 1.29 is 9.59 Å². The molecule has 1 aromatic carbocycles. The fourth-order valence-corrected chi connectivity index (χ4v) is 2.28. The van der Waals surface area contributed by atoms with Crippen LogP contribution in [-0.4, -0.2) is 49.4 Å². The molecule has 5 nitrogen and oxygen atoms in total. The second kappa shape index (κ2) is 7.05. The van der Waals surface area contributed by atoms with E-state index in [1.807, 2.05) is 30.0 Å². The zero-order valence-corrected chi connectivity index (χ0v) is 11.8. The Morgan fingerprint density at radius 1 is 1.25 bits per heavy atom. The van der Waals surface area contributed by atoms with E-state index in [1.54, 1.807) is 6.07 Å². The van der Waals surface area contributed by atoms with Gasteiger partial charge in [0.1, 0.15) is 0 Å². The van der Waals surface area contributed by atoms with Crippen LogP contribution in [-0.2, 0) is 4.79 Å². The highest BCUT2D eigenvalue weighted by Gasteiger charge is 2.16. The molecule has 0 atom stereocenters. The van der Waals surface area contributed by atoms with Crippen LogP contribution in [0.3, 0.4) is 0 Å². The molecule has 5 heteroatoms. The van der Waals surface area contributed by atoms with Gasteiger partial charge in [-0.05, 0) is 18.6 Å². The first-order chi connectivity index (χ1) is 9.68. The normalized spacial score (nSPS) is 14.9. The van der Waals surface area contributed by atoms with E-state index in [-0.39, 0.29) is 11.8 Å². The van der Waals surface area contributed by atoms with E-state index in [1.165, 1.54) is 0 Å². The second-order valence-electron chi connectivity index (χ2n) is 4.95. The molecule has 2 amide bonds. The number of carbonyl (C=O) groups excluding carboxylic acids is 2. The SMILES string of the molecule is Cc1ccccc1C(=O)NCCC(=O)N1CCNCC1. The molecule has 0 aliphatic carbocycles. The van der Waals surface area contributed by atoms with Crippen LogP contribution < -0.4 is 10.6 Å². The quantitative estimate of drug-likeness (QED) is 0.843. The van der Waals surface area contributed by atoms with Gasteiger partial charge in [-0.3, -0.25) is 9.59 Å². The monoisotopic (exact) mass is 275 g/mol. The zero-order chi connectivity index (χ0) is 14.4. The molecule has 1 aromatic rings. The molecule has 1 saturated heterocycles. The fraction of sp³-hybridized carbons (Fsp3) is 0.467. The maximum Gasteiger partial charge on any atom is 0.251 e. The third-order valence-electron chi connectivity index (χ3n) is 3.48. The predicted octanol–water partition coefficient (Wildman–Crippen LogP) is 0.547. The third kappa shape index (κ3) is 3.81. The van der Waals surface area contributed by atoms with Crippen LogP contribution in [0.5, 0.6) is 0 Å². The number of benzene rings is 1. The Kier molecular flexibility index (Phi) is 5.12. The number of hydrogen-bond acceptors (Lipinski definition) is 3. The standard InChI is InChI=1S/C15H21N3O2/c1-12-4-2-3-5-13(12)15(20)17-7-6-14(19)18-10-8-16-9-11-18/h2-5,16H,6-11H2,1H3,(H,17,20). The van der Waals surface area contributed by atoms with Gasteiger partial charge in [-0.15, -0.1) is 0 Å². The van der Waals surface area contributed by atoms with Crippen molar-refractivity contribution >= 4 is 11.8 Å². The fourth-order valence-electron chi connectivity index (χ4n) is 2.28. The van der Waals surface area contributed by atoms with Gasteiger partial charge in [0.2, 0.25) is 5.91 Å². The van der Waals surface area contributed by atoms with E-state index in [0.717, 1.165) is 31.7 Å². The molecule has 1 aliphatic rings. The van der Waals surface area contributed by atoms with Crippen molar-refractivity contribution in [2.24, 2.45) is 0 Å². The molecule has 0 radical (unpaired) electrons. The van der Waals surface area contributed by atoms with Crippen molar-refractivity contribution in [1.82, 2.24) is 15.5 Å². The molecular weight excluding hydrogens is 254 g/mol. The highest BCUT2D eigenvalue weighted by atomic mass is 16.2. The van der Waals surface area contributed by atoms with Crippen LogP contribution in [0.2, 0.25) is 0 Å². The Morgan fingerprint density at radius 2 is 1.95 bits per heavy atom. The number of amides is 2. The summed E-state index contributed by atoms with van der Waals surface area (Å²) < 4.78 is 0. The van der Waals surface area contributed by atoms with Crippen LogP contribution in [0.15, 0.2) is 24.3 Å². The first-order valence-corrected chi connectivity index (χ1v) is 7.01. The van der Waals surface area contributed by atoms with Gasteiger partial charge in [0.15, 0.2) is 0 Å². The third-order valence-corrected chi connectivity index (χ3v) is 3.48. The van der Waals surface area contributed by atoms with Gasteiger partial charge < -0.3 is 15.5 Å². The number of rotatable bonds is 4. The molecule has 108 valence electrons. The van der Waals surface area contributed by atoms with Crippen molar-refractivity contribution in [3.8, 4) is 0 Å². The molecule has 0 spiro atoms. The van der Waals surface area contributed by atoms with E-state index >= 15 is 0 Å². The Bertz CT molecular complexity index is 482. The number of nitrogens with zero attached hydrogens (tertiary/aromatic N) is 1. The summed E-state index contributed by atoms with van der Waals surface area (Å²) in [6.07, 6.45) is 0.359. The zero-order valence-electron chi connectivity index (χ0n) is 11.8. The van der Waals surface area contributed by atoms with Crippen molar-refractivity contribution in [3.63, 3.8) is 0 Å². The van der Waals surface area contributed by atoms with Gasteiger partial charge >= 0.3 is 0 Å². The first kappa shape index (κ1) is 14.5. The molecule has 0 unspecified atom stereocenters. The van der Waals surface area contributed by atoms with Crippen LogP contribution in [0.1, 0.15) is 22.3 Å². The molecule has 0 bridgehead atoms. The summed E-state index contributed by atoms with van der Waals surface area (Å²) in [7, 11) is 0. The van der Waals surface area contributed by atoms with Crippen LogP contribution in [0.4, 0.5) is 0 Å². The van der Waals surface area contributed by atoms with Crippen LogP contribution in [0, 0.1) is 6.92 Å². The minimum Gasteiger partial charge on any atom is -0.352 e. The van der Waals surface area contributed by atoms with E-state index in [4.69, 9.17) is 0 Å². The Balaban J connectivity index is 1.76. The van der Waals surface area contributed by atoms with Crippen molar-refractivity contribution in [1.29, 1.82) is 0 Å². The summed E-state index contributed by atoms with van der Waals surface area (Å²) in [5.74, 6) is -0.00667. The molecule has 2 rings (SSSR count). The first-order valence-electron chi connectivity index (χ1n) is 7.01. The lowest BCUT2D eigenvalue weighted by Gasteiger charge is -2.27. The lowest BCUT2D eigenvalue weighted by molar-refractivity contribution is -0.131. The van der Waals surface area contributed by atoms with Crippen LogP contribution >= 0.6 is 0 Å². The summed E-state index contributed by atoms with van der Waals surface area (Å²) in [6.45, 7) is 5.49. The molecule has 2 N–H and O–H groups in total. The van der Waals surface area contributed by atoms with E-state index < -0.39 is 0 Å².